The van der Waals surface area contributed by atoms with Crippen LogP contribution in [0.3, 0.4) is 0 Å². The molecule has 0 saturated carbocycles. The third kappa shape index (κ3) is 3.53. The van der Waals surface area contributed by atoms with Crippen molar-refractivity contribution in [1.29, 1.82) is 0 Å². The quantitative estimate of drug-likeness (QED) is 0.710. The van der Waals surface area contributed by atoms with Crippen LogP contribution in [-0.4, -0.2) is 26.5 Å². The molecule has 0 fully saturated rings. The summed E-state index contributed by atoms with van der Waals surface area (Å²) in [5.41, 5.74) is 5.09. The van der Waals surface area contributed by atoms with Gasteiger partial charge in [-0.05, 0) is 24.6 Å². The number of aromatic nitrogens is 3. The molecule has 146 valence electrons. The molecule has 28 heavy (non-hydrogen) atoms. The van der Waals surface area contributed by atoms with Gasteiger partial charge in [-0.2, -0.15) is 13.2 Å². The van der Waals surface area contributed by atoms with Crippen molar-refractivity contribution in [3.8, 4) is 11.1 Å². The molecule has 10 heteroatoms. The summed E-state index contributed by atoms with van der Waals surface area (Å²) < 4.78 is 39.6. The number of alkyl halides is 3. The number of hydrogen-bond acceptors (Lipinski definition) is 5. The summed E-state index contributed by atoms with van der Waals surface area (Å²) in [6.45, 7) is 1.51. The molecule has 2 heterocycles. The average molecular weight is 391 g/mol. The monoisotopic (exact) mass is 391 g/mol. The normalized spacial score (nSPS) is 12.8. The van der Waals surface area contributed by atoms with Crippen LogP contribution in [0.2, 0.25) is 0 Å². The average Bonchev–Trinajstić information content (AvgIpc) is 2.64. The number of halogens is 3. The molecule has 3 aromatic rings. The highest BCUT2D eigenvalue weighted by molar-refractivity contribution is 5.99. The largest absolute Gasteiger partial charge is 0.416 e. The summed E-state index contributed by atoms with van der Waals surface area (Å²) >= 11 is 0. The molecule has 0 aliphatic rings. The zero-order valence-electron chi connectivity index (χ0n) is 14.9. The molecule has 1 aromatic carbocycles. The second-order valence-corrected chi connectivity index (χ2v) is 6.25. The van der Waals surface area contributed by atoms with E-state index in [9.17, 15) is 22.8 Å². The number of primary amides is 1. The minimum Gasteiger partial charge on any atom is -0.368 e. The first-order valence-corrected chi connectivity index (χ1v) is 8.17. The highest BCUT2D eigenvalue weighted by Crippen LogP contribution is 2.33. The van der Waals surface area contributed by atoms with Crippen molar-refractivity contribution in [2.45, 2.75) is 19.1 Å². The summed E-state index contributed by atoms with van der Waals surface area (Å²) in [5.74, 6) is -0.520. The fourth-order valence-corrected chi connectivity index (χ4v) is 2.65. The number of nitrogens with one attached hydrogen (secondary N) is 1. The second kappa shape index (κ2) is 6.95. The second-order valence-electron chi connectivity index (χ2n) is 6.25. The van der Waals surface area contributed by atoms with Crippen molar-refractivity contribution in [2.24, 2.45) is 12.8 Å². The topological polar surface area (TPSA) is 103 Å². The van der Waals surface area contributed by atoms with E-state index in [1.54, 1.807) is 0 Å². The minimum absolute atomic E-state index is 0.107. The zero-order valence-corrected chi connectivity index (χ0v) is 14.9. The van der Waals surface area contributed by atoms with Crippen LogP contribution >= 0.6 is 0 Å². The van der Waals surface area contributed by atoms with Crippen LogP contribution < -0.4 is 16.6 Å². The molecule has 0 aliphatic carbocycles. The number of fused-ring (bicyclic) bond motifs is 1. The third-order valence-corrected chi connectivity index (χ3v) is 4.25. The molecule has 0 spiro atoms. The first-order chi connectivity index (χ1) is 13.1. The smallest absolute Gasteiger partial charge is 0.368 e. The highest BCUT2D eigenvalue weighted by atomic mass is 19.4. The van der Waals surface area contributed by atoms with Crippen LogP contribution in [0.4, 0.5) is 19.0 Å². The Bertz CT molecular complexity index is 1110. The Morgan fingerprint density at radius 1 is 1.21 bits per heavy atom. The molecule has 3 rings (SSSR count). The lowest BCUT2D eigenvalue weighted by atomic mass is 10.0. The van der Waals surface area contributed by atoms with Crippen LogP contribution in [0, 0.1) is 0 Å². The molecule has 3 N–H and O–H groups in total. The number of amides is 1. The van der Waals surface area contributed by atoms with E-state index in [1.165, 1.54) is 43.2 Å². The molecular weight excluding hydrogens is 375 g/mol. The first-order valence-electron chi connectivity index (χ1n) is 8.17. The van der Waals surface area contributed by atoms with Crippen LogP contribution in [0.5, 0.6) is 0 Å². The summed E-state index contributed by atoms with van der Waals surface area (Å²) in [5, 5.41) is 2.88. The van der Waals surface area contributed by atoms with E-state index in [4.69, 9.17) is 5.73 Å². The maximum atomic E-state index is 12.8. The van der Waals surface area contributed by atoms with Crippen LogP contribution in [0.15, 0.2) is 41.6 Å². The number of hydrogen-bond donors (Lipinski definition) is 2. The lowest BCUT2D eigenvalue weighted by Crippen LogP contribution is -2.33. The van der Waals surface area contributed by atoms with Gasteiger partial charge in [0.15, 0.2) is 0 Å². The van der Waals surface area contributed by atoms with Gasteiger partial charge in [-0.1, -0.05) is 12.1 Å². The van der Waals surface area contributed by atoms with Gasteiger partial charge in [-0.25, -0.2) is 9.97 Å². The van der Waals surface area contributed by atoms with E-state index in [0.29, 0.717) is 11.1 Å². The molecule has 0 radical (unpaired) electrons. The molecule has 0 saturated heterocycles. The Kier molecular flexibility index (Phi) is 4.80. The summed E-state index contributed by atoms with van der Waals surface area (Å²) in [4.78, 5) is 32.4. The number of carbonyl (C=O) groups excluding carboxylic acids is 1. The highest BCUT2D eigenvalue weighted by Gasteiger charge is 2.30. The van der Waals surface area contributed by atoms with Gasteiger partial charge >= 0.3 is 6.18 Å². The number of benzene rings is 1. The van der Waals surface area contributed by atoms with Gasteiger partial charge < -0.3 is 15.6 Å². The standard InChI is InChI=1S/C18H16F3N5O2/c1-9(15(22)27)25-16-13-14(24-8-26(2)17(13)28)12(7-23-16)10-3-5-11(6-4-10)18(19,20)21/h3-9H,1-2H3,(H2,22,27)(H,23,25). The molecule has 2 aromatic heterocycles. The van der Waals surface area contributed by atoms with Gasteiger partial charge in [0, 0.05) is 18.8 Å². The molecule has 1 amide bonds. The molecule has 0 bridgehead atoms. The zero-order chi connectivity index (χ0) is 20.6. The van der Waals surface area contributed by atoms with Gasteiger partial charge in [-0.3, -0.25) is 9.59 Å². The Morgan fingerprint density at radius 3 is 2.43 bits per heavy atom. The van der Waals surface area contributed by atoms with E-state index in [2.05, 4.69) is 15.3 Å². The van der Waals surface area contributed by atoms with Crippen LogP contribution in [-0.2, 0) is 18.0 Å². The molecule has 1 unspecified atom stereocenters. The molecular formula is C18H16F3N5O2. The Hall–Kier alpha value is -3.43. The number of rotatable bonds is 4. The summed E-state index contributed by atoms with van der Waals surface area (Å²) in [6, 6.07) is 3.68. The number of carbonyl (C=O) groups is 1. The SMILES string of the molecule is CC(Nc1ncc(-c2ccc(C(F)(F)F)cc2)c2ncn(C)c(=O)c12)C(N)=O. The van der Waals surface area contributed by atoms with Gasteiger partial charge in [-0.15, -0.1) is 0 Å². The minimum atomic E-state index is -4.45. The van der Waals surface area contributed by atoms with Gasteiger partial charge in [0.05, 0.1) is 17.4 Å². The van der Waals surface area contributed by atoms with E-state index < -0.39 is 29.2 Å². The van der Waals surface area contributed by atoms with Gasteiger partial charge in [0.2, 0.25) is 5.91 Å². The van der Waals surface area contributed by atoms with Crippen molar-refractivity contribution < 1.29 is 18.0 Å². The van der Waals surface area contributed by atoms with Crippen molar-refractivity contribution >= 4 is 22.6 Å². The Labute approximate surface area is 157 Å². The molecule has 7 nitrogen and oxygen atoms in total. The van der Waals surface area contributed by atoms with Crippen molar-refractivity contribution in [1.82, 2.24) is 14.5 Å². The fourth-order valence-electron chi connectivity index (χ4n) is 2.65. The van der Waals surface area contributed by atoms with Crippen molar-refractivity contribution in [3.63, 3.8) is 0 Å². The Morgan fingerprint density at radius 2 is 1.86 bits per heavy atom. The van der Waals surface area contributed by atoms with E-state index in [-0.39, 0.29) is 16.7 Å². The van der Waals surface area contributed by atoms with E-state index in [0.717, 1.165) is 12.1 Å². The lowest BCUT2D eigenvalue weighted by molar-refractivity contribution is -0.137. The maximum Gasteiger partial charge on any atom is 0.416 e. The number of pyridine rings is 1. The third-order valence-electron chi connectivity index (χ3n) is 4.25. The predicted octanol–water partition coefficient (Wildman–Crippen LogP) is 2.30. The summed E-state index contributed by atoms with van der Waals surface area (Å²) in [7, 11) is 1.50. The van der Waals surface area contributed by atoms with Crippen LogP contribution in [0.1, 0.15) is 12.5 Å². The molecule has 1 atom stereocenters. The Balaban J connectivity index is 2.19. The predicted molar refractivity (Wildman–Crippen MR) is 97.5 cm³/mol. The van der Waals surface area contributed by atoms with Crippen molar-refractivity contribution in [3.05, 3.63) is 52.7 Å². The van der Waals surface area contributed by atoms with Crippen LogP contribution in [0.25, 0.3) is 22.0 Å². The maximum absolute atomic E-state index is 12.8. The number of anilines is 1. The van der Waals surface area contributed by atoms with Gasteiger partial charge in [0.25, 0.3) is 5.56 Å². The number of nitrogens with zero attached hydrogens (tertiary/aromatic N) is 3. The first kappa shape index (κ1) is 19.3. The number of nitrogens with two attached hydrogens (primary N) is 1. The molecule has 0 aliphatic heterocycles. The van der Waals surface area contributed by atoms with Crippen molar-refractivity contribution in [2.75, 3.05) is 5.32 Å². The lowest BCUT2D eigenvalue weighted by Gasteiger charge is -2.15. The summed E-state index contributed by atoms with van der Waals surface area (Å²) in [6.07, 6.45) is -1.77. The van der Waals surface area contributed by atoms with E-state index in [1.807, 2.05) is 0 Å². The fraction of sp³-hybridized carbons (Fsp3) is 0.222. The number of aryl methyl sites for hydroxylation is 1. The van der Waals surface area contributed by atoms with E-state index >= 15 is 0 Å². The van der Waals surface area contributed by atoms with Gasteiger partial charge in [0.1, 0.15) is 17.2 Å².